The molecule has 0 radical (unpaired) electrons. The van der Waals surface area contributed by atoms with Crippen LogP contribution in [0.5, 0.6) is 0 Å². The number of halogens is 1. The lowest BCUT2D eigenvalue weighted by molar-refractivity contribution is -0.136. The summed E-state index contributed by atoms with van der Waals surface area (Å²) >= 11 is 0. The molecule has 1 fully saturated rings. The Morgan fingerprint density at radius 3 is 2.53 bits per heavy atom. The van der Waals surface area contributed by atoms with Crippen molar-refractivity contribution in [3.05, 3.63) is 35.6 Å². The van der Waals surface area contributed by atoms with Gasteiger partial charge in [0.05, 0.1) is 5.56 Å². The van der Waals surface area contributed by atoms with E-state index in [9.17, 15) is 14.0 Å². The van der Waals surface area contributed by atoms with Crippen LogP contribution in [0.15, 0.2) is 24.3 Å². The lowest BCUT2D eigenvalue weighted by atomic mass is 10.1. The summed E-state index contributed by atoms with van der Waals surface area (Å²) in [6, 6.07) is 5.96. The Bertz CT molecular complexity index is 502. The zero-order valence-corrected chi connectivity index (χ0v) is 11.1. The van der Waals surface area contributed by atoms with Gasteiger partial charge in [0.2, 0.25) is 5.91 Å². The van der Waals surface area contributed by atoms with Crippen LogP contribution in [0.3, 0.4) is 0 Å². The number of hydrogen-bond acceptors (Lipinski definition) is 2. The highest BCUT2D eigenvalue weighted by Gasteiger charge is 2.29. The highest BCUT2D eigenvalue weighted by molar-refractivity contribution is 5.97. The molecule has 0 aromatic heterocycles. The van der Waals surface area contributed by atoms with E-state index in [1.807, 2.05) is 13.8 Å². The summed E-state index contributed by atoms with van der Waals surface area (Å²) in [5.41, 5.74) is 0.0216. The molecule has 5 heteroatoms. The first-order chi connectivity index (χ1) is 9.00. The molecule has 0 spiro atoms. The molecule has 0 unspecified atom stereocenters. The molecule has 0 aliphatic carbocycles. The summed E-state index contributed by atoms with van der Waals surface area (Å²) in [6.07, 6.45) is 0. The van der Waals surface area contributed by atoms with Crippen molar-refractivity contribution in [2.45, 2.75) is 19.9 Å². The fraction of sp³-hybridized carbons (Fsp3) is 0.429. The van der Waals surface area contributed by atoms with E-state index in [0.717, 1.165) is 0 Å². The van der Waals surface area contributed by atoms with Gasteiger partial charge in [-0.15, -0.1) is 0 Å². The summed E-state index contributed by atoms with van der Waals surface area (Å²) in [4.78, 5) is 27.2. The van der Waals surface area contributed by atoms with Crippen LogP contribution in [-0.4, -0.2) is 47.3 Å². The number of amides is 2. The van der Waals surface area contributed by atoms with Gasteiger partial charge in [-0.3, -0.25) is 9.59 Å². The van der Waals surface area contributed by atoms with Crippen molar-refractivity contribution in [1.82, 2.24) is 9.80 Å². The SMILES string of the molecule is CC(C)N1CCN(C(=O)c2ccccc2F)CC1=O. The summed E-state index contributed by atoms with van der Waals surface area (Å²) in [5.74, 6) is -1.06. The summed E-state index contributed by atoms with van der Waals surface area (Å²) < 4.78 is 13.6. The average molecular weight is 264 g/mol. The van der Waals surface area contributed by atoms with Crippen molar-refractivity contribution < 1.29 is 14.0 Å². The number of hydrogen-bond donors (Lipinski definition) is 0. The van der Waals surface area contributed by atoms with Crippen LogP contribution in [0.4, 0.5) is 4.39 Å². The quantitative estimate of drug-likeness (QED) is 0.812. The maximum Gasteiger partial charge on any atom is 0.257 e. The standard InChI is InChI=1S/C14H17FN2O2/c1-10(2)17-8-7-16(9-13(17)18)14(19)11-5-3-4-6-12(11)15/h3-6,10H,7-9H2,1-2H3. The maximum atomic E-state index is 13.6. The van der Waals surface area contributed by atoms with E-state index in [4.69, 9.17) is 0 Å². The van der Waals surface area contributed by atoms with E-state index < -0.39 is 11.7 Å². The van der Waals surface area contributed by atoms with Gasteiger partial charge in [0.15, 0.2) is 0 Å². The third-order valence-electron chi connectivity index (χ3n) is 3.27. The Balaban J connectivity index is 2.11. The normalized spacial score (nSPS) is 16.1. The van der Waals surface area contributed by atoms with E-state index >= 15 is 0 Å². The zero-order valence-electron chi connectivity index (χ0n) is 11.1. The smallest absolute Gasteiger partial charge is 0.257 e. The minimum absolute atomic E-state index is 0.0192. The predicted molar refractivity (Wildman–Crippen MR) is 69.2 cm³/mol. The largest absolute Gasteiger partial charge is 0.337 e. The molecule has 4 nitrogen and oxygen atoms in total. The highest BCUT2D eigenvalue weighted by atomic mass is 19.1. The minimum atomic E-state index is -0.550. The fourth-order valence-electron chi connectivity index (χ4n) is 2.21. The second-order valence-electron chi connectivity index (χ2n) is 4.89. The third-order valence-corrected chi connectivity index (χ3v) is 3.27. The van der Waals surface area contributed by atoms with Crippen molar-refractivity contribution in [2.75, 3.05) is 19.6 Å². The molecule has 1 aliphatic heterocycles. The molecule has 0 bridgehead atoms. The number of nitrogens with zero attached hydrogens (tertiary/aromatic N) is 2. The van der Waals surface area contributed by atoms with Crippen LogP contribution in [-0.2, 0) is 4.79 Å². The third kappa shape index (κ3) is 2.75. The van der Waals surface area contributed by atoms with Gasteiger partial charge in [0.1, 0.15) is 12.4 Å². The van der Waals surface area contributed by atoms with Crippen molar-refractivity contribution in [2.24, 2.45) is 0 Å². The van der Waals surface area contributed by atoms with Gasteiger partial charge in [0.25, 0.3) is 5.91 Å². The zero-order chi connectivity index (χ0) is 14.0. The lowest BCUT2D eigenvalue weighted by Gasteiger charge is -2.36. The van der Waals surface area contributed by atoms with E-state index in [-0.39, 0.29) is 24.1 Å². The Hall–Kier alpha value is -1.91. The van der Waals surface area contributed by atoms with Crippen LogP contribution < -0.4 is 0 Å². The molecule has 102 valence electrons. The fourth-order valence-corrected chi connectivity index (χ4v) is 2.21. The summed E-state index contributed by atoms with van der Waals surface area (Å²) in [6.45, 7) is 4.83. The monoisotopic (exact) mass is 264 g/mol. The Morgan fingerprint density at radius 2 is 1.95 bits per heavy atom. The molecule has 0 atom stereocenters. The molecule has 1 aromatic carbocycles. The average Bonchev–Trinajstić information content (AvgIpc) is 2.38. The molecule has 1 aliphatic rings. The van der Waals surface area contributed by atoms with Crippen molar-refractivity contribution >= 4 is 11.8 Å². The van der Waals surface area contributed by atoms with E-state index in [1.165, 1.54) is 23.1 Å². The molecule has 1 aromatic rings. The molecular weight excluding hydrogens is 247 g/mol. The molecule has 0 N–H and O–H groups in total. The van der Waals surface area contributed by atoms with Gasteiger partial charge in [-0.2, -0.15) is 0 Å². The molecule has 2 rings (SSSR count). The van der Waals surface area contributed by atoms with E-state index in [2.05, 4.69) is 0 Å². The second kappa shape index (κ2) is 5.38. The second-order valence-corrected chi connectivity index (χ2v) is 4.89. The topological polar surface area (TPSA) is 40.6 Å². The van der Waals surface area contributed by atoms with Gasteiger partial charge in [-0.05, 0) is 26.0 Å². The number of rotatable bonds is 2. The van der Waals surface area contributed by atoms with Crippen LogP contribution in [0.1, 0.15) is 24.2 Å². The number of carbonyl (C=O) groups is 2. The van der Waals surface area contributed by atoms with E-state index in [0.29, 0.717) is 13.1 Å². The van der Waals surface area contributed by atoms with Gasteiger partial charge >= 0.3 is 0 Å². The molecule has 1 heterocycles. The van der Waals surface area contributed by atoms with Gasteiger partial charge in [0, 0.05) is 19.1 Å². The van der Waals surface area contributed by atoms with Crippen molar-refractivity contribution in [3.8, 4) is 0 Å². The van der Waals surface area contributed by atoms with Crippen LogP contribution in [0, 0.1) is 5.82 Å². The Labute approximate surface area is 111 Å². The van der Waals surface area contributed by atoms with Crippen molar-refractivity contribution in [1.29, 1.82) is 0 Å². The maximum absolute atomic E-state index is 13.6. The molecule has 1 saturated heterocycles. The Morgan fingerprint density at radius 1 is 1.26 bits per heavy atom. The van der Waals surface area contributed by atoms with Gasteiger partial charge < -0.3 is 9.80 Å². The van der Waals surface area contributed by atoms with Crippen molar-refractivity contribution in [3.63, 3.8) is 0 Å². The van der Waals surface area contributed by atoms with Gasteiger partial charge in [-0.25, -0.2) is 4.39 Å². The number of piperazine rings is 1. The number of benzene rings is 1. The lowest BCUT2D eigenvalue weighted by Crippen LogP contribution is -2.54. The summed E-state index contributed by atoms with van der Waals surface area (Å²) in [7, 11) is 0. The predicted octanol–water partition coefficient (Wildman–Crippen LogP) is 1.52. The molecule has 19 heavy (non-hydrogen) atoms. The summed E-state index contributed by atoms with van der Waals surface area (Å²) in [5, 5.41) is 0. The van der Waals surface area contributed by atoms with Crippen LogP contribution in [0.2, 0.25) is 0 Å². The van der Waals surface area contributed by atoms with Gasteiger partial charge in [-0.1, -0.05) is 12.1 Å². The first kappa shape index (κ1) is 13.5. The molecule has 2 amide bonds. The van der Waals surface area contributed by atoms with Crippen LogP contribution >= 0.6 is 0 Å². The highest BCUT2D eigenvalue weighted by Crippen LogP contribution is 2.14. The first-order valence-corrected chi connectivity index (χ1v) is 6.34. The molecular formula is C14H17FN2O2. The first-order valence-electron chi connectivity index (χ1n) is 6.34. The molecule has 0 saturated carbocycles. The van der Waals surface area contributed by atoms with Crippen LogP contribution in [0.25, 0.3) is 0 Å². The minimum Gasteiger partial charge on any atom is -0.337 e. The Kier molecular flexibility index (Phi) is 3.83. The number of carbonyl (C=O) groups excluding carboxylic acids is 2. The van der Waals surface area contributed by atoms with E-state index in [1.54, 1.807) is 11.0 Å².